The number of likely N-dealkylation sites (tertiary alicyclic amines) is 1. The van der Waals surface area contributed by atoms with E-state index < -0.39 is 10.0 Å². The smallest absolute Gasteiger partial charge is 0.255 e. The molecule has 3 aliphatic heterocycles. The Hall–Kier alpha value is -1.19. The highest BCUT2D eigenvalue weighted by molar-refractivity contribution is 7.89. The molecule has 3 heterocycles. The lowest BCUT2D eigenvalue weighted by atomic mass is 10.1. The van der Waals surface area contributed by atoms with E-state index in [0.717, 1.165) is 19.3 Å². The number of carbonyl (C=O) groups excluding carboxylic acids is 1. The third kappa shape index (κ3) is 4.14. The fourth-order valence-corrected chi connectivity index (χ4v) is 5.68. The predicted molar refractivity (Wildman–Crippen MR) is 104 cm³/mol. The Kier molecular flexibility index (Phi) is 6.43. The molecule has 0 aromatic heterocycles. The third-order valence-electron chi connectivity index (χ3n) is 5.52. The number of nitrogens with one attached hydrogen (secondary N) is 1. The van der Waals surface area contributed by atoms with Gasteiger partial charge in [0, 0.05) is 38.3 Å². The van der Waals surface area contributed by atoms with Crippen molar-refractivity contribution in [3.8, 4) is 0 Å². The number of hydrogen-bond acceptors (Lipinski definition) is 5. The summed E-state index contributed by atoms with van der Waals surface area (Å²) in [4.78, 5) is 15.1. The number of morpholine rings is 1. The van der Waals surface area contributed by atoms with Gasteiger partial charge in [0.2, 0.25) is 10.0 Å². The molecular weight excluding hydrogens is 390 g/mol. The van der Waals surface area contributed by atoms with Crippen LogP contribution in [-0.2, 0) is 14.8 Å². The Balaban J connectivity index is 0.00000210. The summed E-state index contributed by atoms with van der Waals surface area (Å²) in [6.07, 6.45) is 3.15. The van der Waals surface area contributed by atoms with Gasteiger partial charge in [-0.15, -0.1) is 12.4 Å². The second-order valence-electron chi connectivity index (χ2n) is 7.19. The minimum absolute atomic E-state index is 0. The minimum atomic E-state index is -3.71. The van der Waals surface area contributed by atoms with Crippen LogP contribution in [0, 0.1) is 0 Å². The molecule has 2 unspecified atom stereocenters. The average molecular weight is 416 g/mol. The number of rotatable bonds is 3. The van der Waals surface area contributed by atoms with E-state index in [2.05, 4.69) is 5.32 Å². The maximum absolute atomic E-state index is 13.2. The van der Waals surface area contributed by atoms with Crippen molar-refractivity contribution in [2.75, 3.05) is 39.4 Å². The lowest BCUT2D eigenvalue weighted by Crippen LogP contribution is -2.42. The molecule has 150 valence electrons. The van der Waals surface area contributed by atoms with Gasteiger partial charge in [0.05, 0.1) is 23.7 Å². The Labute approximate surface area is 166 Å². The first kappa shape index (κ1) is 20.5. The average Bonchev–Trinajstić information content (AvgIpc) is 3.00. The highest BCUT2D eigenvalue weighted by Crippen LogP contribution is 2.25. The maximum atomic E-state index is 13.2. The summed E-state index contributed by atoms with van der Waals surface area (Å²) in [6, 6.07) is 7.37. The Morgan fingerprint density at radius 3 is 2.52 bits per heavy atom. The molecule has 9 heteroatoms. The standard InChI is InChI=1S/C18H25N3O4S.ClH/c22-18(20-8-7-14-5-6-15(13-20)19-14)16-3-1-2-4-17(16)26(23,24)21-9-11-25-12-10-21;/h1-4,14-15,19H,5-13H2;1H. The van der Waals surface area contributed by atoms with Crippen molar-refractivity contribution in [3.63, 3.8) is 0 Å². The quantitative estimate of drug-likeness (QED) is 0.799. The lowest BCUT2D eigenvalue weighted by molar-refractivity contribution is 0.0723. The fourth-order valence-electron chi connectivity index (χ4n) is 4.09. The summed E-state index contributed by atoms with van der Waals surface area (Å²) >= 11 is 0. The van der Waals surface area contributed by atoms with Crippen LogP contribution in [0.1, 0.15) is 29.6 Å². The summed E-state index contributed by atoms with van der Waals surface area (Å²) in [6.45, 7) is 2.72. The monoisotopic (exact) mass is 415 g/mol. The summed E-state index contributed by atoms with van der Waals surface area (Å²) in [5, 5.41) is 3.55. The van der Waals surface area contributed by atoms with E-state index in [1.54, 1.807) is 24.3 Å². The van der Waals surface area contributed by atoms with Crippen LogP contribution in [0.5, 0.6) is 0 Å². The zero-order valence-electron chi connectivity index (χ0n) is 15.2. The first-order chi connectivity index (χ1) is 12.6. The van der Waals surface area contributed by atoms with Crippen LogP contribution in [-0.4, -0.2) is 75.0 Å². The molecule has 0 spiro atoms. The van der Waals surface area contributed by atoms with Gasteiger partial charge in [-0.1, -0.05) is 12.1 Å². The van der Waals surface area contributed by atoms with Crippen molar-refractivity contribution in [1.82, 2.24) is 14.5 Å². The van der Waals surface area contributed by atoms with Gasteiger partial charge in [0.25, 0.3) is 5.91 Å². The van der Waals surface area contributed by atoms with E-state index in [9.17, 15) is 13.2 Å². The Bertz CT molecular complexity index is 783. The van der Waals surface area contributed by atoms with Gasteiger partial charge in [-0.2, -0.15) is 4.31 Å². The van der Waals surface area contributed by atoms with Gasteiger partial charge in [-0.05, 0) is 31.4 Å². The molecule has 1 N–H and O–H groups in total. The molecule has 0 saturated carbocycles. The SMILES string of the molecule is Cl.O=C(c1ccccc1S(=O)(=O)N1CCOCC1)N1CCC2CCC(C1)N2. The van der Waals surface area contributed by atoms with Crippen molar-refractivity contribution < 1.29 is 17.9 Å². The largest absolute Gasteiger partial charge is 0.379 e. The Morgan fingerprint density at radius 2 is 1.74 bits per heavy atom. The molecule has 1 amide bonds. The topological polar surface area (TPSA) is 79.0 Å². The second kappa shape index (κ2) is 8.45. The van der Waals surface area contributed by atoms with E-state index in [4.69, 9.17) is 4.74 Å². The molecule has 0 aliphatic carbocycles. The van der Waals surface area contributed by atoms with Crippen LogP contribution in [0.25, 0.3) is 0 Å². The number of amides is 1. The van der Waals surface area contributed by atoms with Gasteiger partial charge in [0.15, 0.2) is 0 Å². The van der Waals surface area contributed by atoms with Crippen LogP contribution in [0.3, 0.4) is 0 Å². The summed E-state index contributed by atoms with van der Waals surface area (Å²) < 4.78 is 32.8. The number of ether oxygens (including phenoxy) is 1. The van der Waals surface area contributed by atoms with Crippen LogP contribution in [0.4, 0.5) is 0 Å². The molecule has 0 radical (unpaired) electrons. The van der Waals surface area contributed by atoms with E-state index in [1.165, 1.54) is 4.31 Å². The molecule has 2 bridgehead atoms. The van der Waals surface area contributed by atoms with Crippen molar-refractivity contribution >= 4 is 28.3 Å². The third-order valence-corrected chi connectivity index (χ3v) is 7.47. The van der Waals surface area contributed by atoms with Gasteiger partial charge in [-0.25, -0.2) is 8.42 Å². The van der Waals surface area contributed by atoms with Crippen molar-refractivity contribution in [3.05, 3.63) is 29.8 Å². The van der Waals surface area contributed by atoms with Crippen LogP contribution in [0.2, 0.25) is 0 Å². The van der Waals surface area contributed by atoms with Gasteiger partial charge in [-0.3, -0.25) is 4.79 Å². The zero-order chi connectivity index (χ0) is 18.1. The molecule has 1 aromatic rings. The van der Waals surface area contributed by atoms with Gasteiger partial charge < -0.3 is 15.0 Å². The fraction of sp³-hybridized carbons (Fsp3) is 0.611. The maximum Gasteiger partial charge on any atom is 0.255 e. The zero-order valence-corrected chi connectivity index (χ0v) is 16.8. The van der Waals surface area contributed by atoms with Crippen molar-refractivity contribution in [1.29, 1.82) is 0 Å². The van der Waals surface area contributed by atoms with Gasteiger partial charge >= 0.3 is 0 Å². The molecular formula is C18H26ClN3O4S. The number of fused-ring (bicyclic) bond motifs is 2. The van der Waals surface area contributed by atoms with Gasteiger partial charge in [0.1, 0.15) is 0 Å². The number of halogens is 1. The molecule has 3 aliphatic rings. The molecule has 3 fully saturated rings. The van der Waals surface area contributed by atoms with E-state index in [0.29, 0.717) is 51.5 Å². The molecule has 3 saturated heterocycles. The number of sulfonamides is 1. The number of hydrogen-bond donors (Lipinski definition) is 1. The highest BCUT2D eigenvalue weighted by atomic mass is 35.5. The Morgan fingerprint density at radius 1 is 1.04 bits per heavy atom. The number of carbonyl (C=O) groups is 1. The molecule has 27 heavy (non-hydrogen) atoms. The number of benzene rings is 1. The van der Waals surface area contributed by atoms with Crippen LogP contribution in [0.15, 0.2) is 29.2 Å². The molecule has 7 nitrogen and oxygen atoms in total. The molecule has 2 atom stereocenters. The van der Waals surface area contributed by atoms with E-state index in [1.807, 2.05) is 4.90 Å². The normalized spacial score (nSPS) is 26.3. The summed E-state index contributed by atoms with van der Waals surface area (Å²) in [5.41, 5.74) is 0.275. The van der Waals surface area contributed by atoms with Crippen LogP contribution >= 0.6 is 12.4 Å². The first-order valence-electron chi connectivity index (χ1n) is 9.28. The van der Waals surface area contributed by atoms with E-state index in [-0.39, 0.29) is 28.8 Å². The minimum Gasteiger partial charge on any atom is -0.379 e. The molecule has 1 aromatic carbocycles. The first-order valence-corrected chi connectivity index (χ1v) is 10.7. The van der Waals surface area contributed by atoms with Crippen molar-refractivity contribution in [2.24, 2.45) is 0 Å². The van der Waals surface area contributed by atoms with E-state index >= 15 is 0 Å². The second-order valence-corrected chi connectivity index (χ2v) is 9.10. The predicted octanol–water partition coefficient (Wildman–Crippen LogP) is 1.10. The molecule has 4 rings (SSSR count). The summed E-state index contributed by atoms with van der Waals surface area (Å²) in [7, 11) is -3.71. The lowest BCUT2D eigenvalue weighted by Gasteiger charge is -2.28. The highest BCUT2D eigenvalue weighted by Gasteiger charge is 2.35. The van der Waals surface area contributed by atoms with Crippen molar-refractivity contribution in [2.45, 2.75) is 36.2 Å². The van der Waals surface area contributed by atoms with Crippen LogP contribution < -0.4 is 5.32 Å². The summed E-state index contributed by atoms with van der Waals surface area (Å²) in [5.74, 6) is -0.188. The number of nitrogens with zero attached hydrogens (tertiary/aromatic N) is 2.